The van der Waals surface area contributed by atoms with E-state index in [2.05, 4.69) is 38.4 Å². The number of pyridine rings is 1. The Bertz CT molecular complexity index is 1600. The van der Waals surface area contributed by atoms with Gasteiger partial charge in [-0.1, -0.05) is 28.9 Å². The van der Waals surface area contributed by atoms with Crippen LogP contribution in [0.1, 0.15) is 32.2 Å². The highest BCUT2D eigenvalue weighted by atomic mass is 35.5. The third-order valence-electron chi connectivity index (χ3n) is 8.30. The fourth-order valence-electron chi connectivity index (χ4n) is 5.79. The van der Waals surface area contributed by atoms with E-state index >= 15 is 4.39 Å². The van der Waals surface area contributed by atoms with E-state index in [-0.39, 0.29) is 33.7 Å². The molecule has 6 rings (SSSR count). The molecule has 1 N–H and O–H groups in total. The molecule has 11 heteroatoms. The molecular formula is C28H29ClF2N8. The number of hydrogen-bond donors (Lipinski definition) is 1. The van der Waals surface area contributed by atoms with Gasteiger partial charge in [-0.25, -0.2) is 18.4 Å². The minimum absolute atomic E-state index is 0.0184. The predicted octanol–water partition coefficient (Wildman–Crippen LogP) is 4.93. The van der Waals surface area contributed by atoms with Gasteiger partial charge in [-0.2, -0.15) is 5.26 Å². The molecule has 0 aliphatic carbocycles. The molecule has 4 heterocycles. The summed E-state index contributed by atoms with van der Waals surface area (Å²) < 4.78 is 31.8. The van der Waals surface area contributed by atoms with Gasteiger partial charge in [0, 0.05) is 30.1 Å². The summed E-state index contributed by atoms with van der Waals surface area (Å²) in [5.74, 6) is -0.396. The molecule has 0 spiro atoms. The molecule has 2 aromatic carbocycles. The Morgan fingerprint density at radius 3 is 2.64 bits per heavy atom. The van der Waals surface area contributed by atoms with Crippen LogP contribution in [-0.4, -0.2) is 70.2 Å². The Morgan fingerprint density at radius 1 is 1.21 bits per heavy atom. The van der Waals surface area contributed by atoms with Crippen LogP contribution in [0.15, 0.2) is 30.3 Å². The number of anilines is 1. The summed E-state index contributed by atoms with van der Waals surface area (Å²) in [6.07, 6.45) is 1.90. The largest absolute Gasteiger partial charge is 0.351 e. The molecule has 2 saturated heterocycles. The van der Waals surface area contributed by atoms with E-state index in [4.69, 9.17) is 16.6 Å². The number of aromatic nitrogens is 4. The fraction of sp³-hybridized carbons (Fsp3) is 0.429. The molecule has 2 atom stereocenters. The summed E-state index contributed by atoms with van der Waals surface area (Å²) in [6.45, 7) is 4.33. The Labute approximate surface area is 230 Å². The van der Waals surface area contributed by atoms with Crippen molar-refractivity contribution < 1.29 is 8.78 Å². The number of nitrogens with one attached hydrogen (secondary N) is 1. The molecule has 4 aromatic rings. The number of nitrogens with zero attached hydrogens (tertiary/aromatic N) is 7. The van der Waals surface area contributed by atoms with Crippen LogP contribution in [0.3, 0.4) is 0 Å². The van der Waals surface area contributed by atoms with E-state index in [1.165, 1.54) is 24.3 Å². The van der Waals surface area contributed by atoms with Gasteiger partial charge in [0.15, 0.2) is 17.2 Å². The zero-order chi connectivity index (χ0) is 27.5. The molecule has 2 fully saturated rings. The van der Waals surface area contributed by atoms with Crippen molar-refractivity contribution in [1.29, 1.82) is 5.26 Å². The summed E-state index contributed by atoms with van der Waals surface area (Å²) in [5.41, 5.74) is 2.06. The molecule has 0 radical (unpaired) electrons. The number of halogens is 3. The zero-order valence-electron chi connectivity index (χ0n) is 22.0. The molecule has 39 heavy (non-hydrogen) atoms. The molecule has 2 aliphatic rings. The van der Waals surface area contributed by atoms with Crippen LogP contribution in [-0.2, 0) is 0 Å². The van der Waals surface area contributed by atoms with Gasteiger partial charge < -0.3 is 15.1 Å². The normalized spacial score (nSPS) is 20.9. The van der Waals surface area contributed by atoms with Crippen molar-refractivity contribution in [1.82, 2.24) is 30.2 Å². The number of hydrogen-bond acceptors (Lipinski definition) is 7. The quantitative estimate of drug-likeness (QED) is 0.377. The van der Waals surface area contributed by atoms with Crippen molar-refractivity contribution in [2.45, 2.75) is 43.8 Å². The smallest absolute Gasteiger partial charge is 0.159 e. The van der Waals surface area contributed by atoms with E-state index in [0.717, 1.165) is 13.0 Å². The molecule has 2 aromatic heterocycles. The minimum Gasteiger partial charge on any atom is -0.351 e. The Balaban J connectivity index is 1.56. The zero-order valence-corrected chi connectivity index (χ0v) is 22.8. The minimum atomic E-state index is -0.566. The predicted molar refractivity (Wildman–Crippen MR) is 148 cm³/mol. The highest BCUT2D eigenvalue weighted by Crippen LogP contribution is 2.42. The maximum absolute atomic E-state index is 16.4. The average Bonchev–Trinajstić information content (AvgIpc) is 3.34. The van der Waals surface area contributed by atoms with Crippen molar-refractivity contribution in [3.05, 3.63) is 47.0 Å². The number of likely N-dealkylation sites (N-methyl/N-ethyl adjacent to an activating group) is 1. The monoisotopic (exact) mass is 550 g/mol. The second-order valence-electron chi connectivity index (χ2n) is 11.1. The van der Waals surface area contributed by atoms with E-state index in [1.807, 2.05) is 18.8 Å². The molecule has 8 nitrogen and oxygen atoms in total. The van der Waals surface area contributed by atoms with Crippen LogP contribution in [0, 0.1) is 23.0 Å². The van der Waals surface area contributed by atoms with Crippen molar-refractivity contribution in [2.75, 3.05) is 38.6 Å². The van der Waals surface area contributed by atoms with E-state index in [9.17, 15) is 9.65 Å². The molecule has 202 valence electrons. The van der Waals surface area contributed by atoms with E-state index < -0.39 is 11.6 Å². The summed E-state index contributed by atoms with van der Waals surface area (Å²) in [4.78, 5) is 9.11. The SMILES string of the molecule is CN(C)C1(C)CN(c2nc3c(F)c(-c4ccc(F)cc4)c(Cl)cc3c3c2nnn3[C@H]2CCN[C@H](CC#N)C2)C1. The standard InChI is InChI=1S/C28H29ClF2N8/c1-28(37(2)3)14-38(15-28)27-25-26(39(36-35-25)19-9-11-33-18(12-19)8-10-32)20-13-21(29)22(23(31)24(20)34-27)16-4-6-17(30)7-5-16/h4-7,13,18-19,33H,8-9,11-12,14-15H2,1-3H3/t18-,19+/m1/s1. The summed E-state index contributed by atoms with van der Waals surface area (Å²) in [5, 5.41) is 22.5. The van der Waals surface area contributed by atoms with Gasteiger partial charge in [-0.15, -0.1) is 5.10 Å². The van der Waals surface area contributed by atoms with Crippen molar-refractivity contribution in [3.63, 3.8) is 0 Å². The lowest BCUT2D eigenvalue weighted by Crippen LogP contribution is -2.67. The molecule has 0 unspecified atom stereocenters. The van der Waals surface area contributed by atoms with Gasteiger partial charge in [0.05, 0.1) is 29.1 Å². The van der Waals surface area contributed by atoms with Gasteiger partial charge in [0.25, 0.3) is 0 Å². The first-order valence-electron chi connectivity index (χ1n) is 13.1. The summed E-state index contributed by atoms with van der Waals surface area (Å²) in [7, 11) is 4.09. The van der Waals surface area contributed by atoms with Crippen LogP contribution in [0.4, 0.5) is 14.6 Å². The molecule has 0 saturated carbocycles. The van der Waals surface area contributed by atoms with Gasteiger partial charge in [0.2, 0.25) is 0 Å². The third kappa shape index (κ3) is 4.29. The van der Waals surface area contributed by atoms with Crippen LogP contribution >= 0.6 is 11.6 Å². The third-order valence-corrected chi connectivity index (χ3v) is 8.60. The summed E-state index contributed by atoms with van der Waals surface area (Å²) in [6, 6.07) is 9.58. The Hall–Kier alpha value is -3.39. The first kappa shape index (κ1) is 25.9. The highest BCUT2D eigenvalue weighted by molar-refractivity contribution is 6.34. The number of nitriles is 1. The van der Waals surface area contributed by atoms with E-state index in [0.29, 0.717) is 53.7 Å². The maximum atomic E-state index is 16.4. The lowest BCUT2D eigenvalue weighted by atomic mass is 9.90. The van der Waals surface area contributed by atoms with Crippen molar-refractivity contribution in [2.24, 2.45) is 0 Å². The number of rotatable bonds is 5. The average molecular weight is 551 g/mol. The van der Waals surface area contributed by atoms with Crippen molar-refractivity contribution >= 4 is 39.4 Å². The van der Waals surface area contributed by atoms with Crippen LogP contribution in [0.2, 0.25) is 5.02 Å². The topological polar surface area (TPSA) is 85.9 Å². The number of fused-ring (bicyclic) bond motifs is 3. The molecule has 0 amide bonds. The van der Waals surface area contributed by atoms with Crippen LogP contribution in [0.5, 0.6) is 0 Å². The Kier molecular flexibility index (Phi) is 6.41. The molecule has 0 bridgehead atoms. The second kappa shape index (κ2) is 9.66. The summed E-state index contributed by atoms with van der Waals surface area (Å²) >= 11 is 6.69. The van der Waals surface area contributed by atoms with Gasteiger partial charge >= 0.3 is 0 Å². The number of piperidine rings is 1. The Morgan fingerprint density at radius 2 is 1.95 bits per heavy atom. The second-order valence-corrected chi connectivity index (χ2v) is 11.5. The highest BCUT2D eigenvalue weighted by Gasteiger charge is 2.43. The molecular weight excluding hydrogens is 522 g/mol. The van der Waals surface area contributed by atoms with Gasteiger partial charge in [-0.3, -0.25) is 0 Å². The first-order valence-corrected chi connectivity index (χ1v) is 13.4. The van der Waals surface area contributed by atoms with Crippen molar-refractivity contribution in [3.8, 4) is 17.2 Å². The fourth-order valence-corrected chi connectivity index (χ4v) is 6.09. The first-order chi connectivity index (χ1) is 18.7. The van der Waals surface area contributed by atoms with Crippen LogP contribution in [0.25, 0.3) is 33.1 Å². The lowest BCUT2D eigenvalue weighted by molar-refractivity contribution is 0.133. The van der Waals surface area contributed by atoms with Crippen LogP contribution < -0.4 is 10.2 Å². The van der Waals surface area contributed by atoms with E-state index in [1.54, 1.807) is 6.07 Å². The molecule has 2 aliphatic heterocycles. The maximum Gasteiger partial charge on any atom is 0.159 e. The van der Waals surface area contributed by atoms with Gasteiger partial charge in [0.1, 0.15) is 16.9 Å². The lowest BCUT2D eigenvalue weighted by Gasteiger charge is -2.52. The van der Waals surface area contributed by atoms with Gasteiger partial charge in [-0.05, 0) is 64.2 Å². The number of benzene rings is 2.